The van der Waals surface area contributed by atoms with E-state index in [1.807, 2.05) is 13.0 Å². The van der Waals surface area contributed by atoms with Crippen LogP contribution >= 0.6 is 0 Å². The van der Waals surface area contributed by atoms with Gasteiger partial charge in [0.05, 0.1) is 17.2 Å². The van der Waals surface area contributed by atoms with Crippen molar-refractivity contribution in [1.82, 2.24) is 4.57 Å². The van der Waals surface area contributed by atoms with Crippen LogP contribution in [0.15, 0.2) is 48.5 Å². The van der Waals surface area contributed by atoms with Crippen molar-refractivity contribution in [2.75, 3.05) is 0 Å². The molecular weight excluding hydrogens is 348 g/mol. The van der Waals surface area contributed by atoms with Gasteiger partial charge in [-0.3, -0.25) is 0 Å². The molecule has 3 rings (SSSR count). The Labute approximate surface area is 165 Å². The summed E-state index contributed by atoms with van der Waals surface area (Å²) in [5.74, 6) is -0.981. The first kappa shape index (κ1) is 19.2. The van der Waals surface area contributed by atoms with E-state index >= 15 is 0 Å². The lowest BCUT2D eigenvalue weighted by atomic mass is 10.0. The van der Waals surface area contributed by atoms with Gasteiger partial charge in [0, 0.05) is 17.1 Å². The predicted octanol–water partition coefficient (Wildman–Crippen LogP) is 5.47. The first-order valence-corrected chi connectivity index (χ1v) is 9.04. The van der Waals surface area contributed by atoms with Crippen LogP contribution < -0.4 is 0 Å². The summed E-state index contributed by atoms with van der Waals surface area (Å²) in [5.41, 5.74) is 8.06. The van der Waals surface area contributed by atoms with E-state index < -0.39 is 5.97 Å². The molecule has 4 nitrogen and oxygen atoms in total. The second-order valence-electron chi connectivity index (χ2n) is 7.00. The molecule has 0 aliphatic rings. The Morgan fingerprint density at radius 1 is 1.00 bits per heavy atom. The number of allylic oxidation sites excluding steroid dienone is 1. The highest BCUT2D eigenvalue weighted by atomic mass is 16.4. The number of aromatic nitrogens is 1. The van der Waals surface area contributed by atoms with E-state index in [9.17, 15) is 10.1 Å². The van der Waals surface area contributed by atoms with Gasteiger partial charge in [-0.05, 0) is 74.7 Å². The summed E-state index contributed by atoms with van der Waals surface area (Å²) in [5, 5.41) is 18.7. The summed E-state index contributed by atoms with van der Waals surface area (Å²) < 4.78 is 2.20. The van der Waals surface area contributed by atoms with Crippen molar-refractivity contribution in [3.8, 4) is 11.8 Å². The second-order valence-corrected chi connectivity index (χ2v) is 7.00. The monoisotopic (exact) mass is 370 g/mol. The summed E-state index contributed by atoms with van der Waals surface area (Å²) >= 11 is 0. The minimum atomic E-state index is -0.981. The third-order valence-corrected chi connectivity index (χ3v) is 4.93. The molecule has 0 aliphatic heterocycles. The zero-order valence-corrected chi connectivity index (χ0v) is 16.4. The van der Waals surface area contributed by atoms with E-state index in [-0.39, 0.29) is 5.56 Å². The first-order chi connectivity index (χ1) is 13.3. The lowest BCUT2D eigenvalue weighted by Crippen LogP contribution is -2.01. The van der Waals surface area contributed by atoms with Crippen molar-refractivity contribution in [2.24, 2.45) is 0 Å². The van der Waals surface area contributed by atoms with E-state index in [1.165, 1.54) is 23.3 Å². The molecule has 0 spiro atoms. The first-order valence-electron chi connectivity index (χ1n) is 9.04. The van der Waals surface area contributed by atoms with Crippen LogP contribution in [0.1, 0.15) is 44.0 Å². The molecule has 0 amide bonds. The van der Waals surface area contributed by atoms with Crippen molar-refractivity contribution < 1.29 is 9.90 Å². The molecule has 1 heterocycles. The molecule has 1 N–H and O–H groups in total. The van der Waals surface area contributed by atoms with Gasteiger partial charge in [0.25, 0.3) is 0 Å². The number of rotatable bonds is 4. The van der Waals surface area contributed by atoms with Gasteiger partial charge < -0.3 is 9.67 Å². The molecule has 0 unspecified atom stereocenters. The summed E-state index contributed by atoms with van der Waals surface area (Å²) in [7, 11) is 0. The number of aryl methyl sites for hydroxylation is 3. The molecule has 0 radical (unpaired) electrons. The maximum atomic E-state index is 11.0. The van der Waals surface area contributed by atoms with Crippen LogP contribution in [-0.4, -0.2) is 15.6 Å². The van der Waals surface area contributed by atoms with Crippen LogP contribution in [0.25, 0.3) is 17.3 Å². The molecule has 0 bridgehead atoms. The molecule has 140 valence electrons. The summed E-state index contributed by atoms with van der Waals surface area (Å²) in [4.78, 5) is 11.0. The van der Waals surface area contributed by atoms with Crippen LogP contribution in [0.4, 0.5) is 0 Å². The Hall–Kier alpha value is -3.58. The van der Waals surface area contributed by atoms with E-state index in [0.717, 1.165) is 22.6 Å². The molecule has 2 aromatic carbocycles. The molecule has 4 heteroatoms. The lowest BCUT2D eigenvalue weighted by molar-refractivity contribution is 0.0697. The average Bonchev–Trinajstić information content (AvgIpc) is 2.93. The standard InChI is InChI=1S/C24H22N2O2/c1-15-5-10-23(16(2)11-15)26-17(3)12-21(18(26)4)13-22(14-25)19-6-8-20(9-7-19)24(27)28/h5-13H,1-4H3,(H,27,28)/b22-13-. The van der Waals surface area contributed by atoms with Crippen molar-refractivity contribution in [1.29, 1.82) is 5.26 Å². The molecule has 0 fully saturated rings. The third kappa shape index (κ3) is 3.60. The molecule has 1 aromatic heterocycles. The van der Waals surface area contributed by atoms with Gasteiger partial charge in [-0.2, -0.15) is 5.26 Å². The Balaban J connectivity index is 2.06. The van der Waals surface area contributed by atoms with Crippen molar-refractivity contribution >= 4 is 17.6 Å². The third-order valence-electron chi connectivity index (χ3n) is 4.93. The van der Waals surface area contributed by atoms with Crippen LogP contribution in [0.5, 0.6) is 0 Å². The predicted molar refractivity (Wildman–Crippen MR) is 112 cm³/mol. The zero-order valence-electron chi connectivity index (χ0n) is 16.4. The van der Waals surface area contributed by atoms with Crippen LogP contribution in [0, 0.1) is 39.0 Å². The molecule has 0 atom stereocenters. The van der Waals surface area contributed by atoms with E-state index in [0.29, 0.717) is 11.1 Å². The number of carbonyl (C=O) groups is 1. The fourth-order valence-electron chi connectivity index (χ4n) is 3.49. The van der Waals surface area contributed by atoms with Gasteiger partial charge in [0.2, 0.25) is 0 Å². The summed E-state index contributed by atoms with van der Waals surface area (Å²) in [6, 6.07) is 17.0. The quantitative estimate of drug-likeness (QED) is 0.619. The number of hydrogen-bond donors (Lipinski definition) is 1. The number of nitriles is 1. The Bertz CT molecular complexity index is 1130. The molecule has 28 heavy (non-hydrogen) atoms. The molecule has 0 saturated heterocycles. The molecule has 0 saturated carbocycles. The molecule has 3 aromatic rings. The SMILES string of the molecule is Cc1ccc(-n2c(C)cc(/C=C(/C#N)c3ccc(C(=O)O)cc3)c2C)c(C)c1. The maximum absolute atomic E-state index is 11.0. The number of benzene rings is 2. The van der Waals surface area contributed by atoms with Gasteiger partial charge in [-0.25, -0.2) is 4.79 Å². The van der Waals surface area contributed by atoms with E-state index in [1.54, 1.807) is 12.1 Å². The van der Waals surface area contributed by atoms with Gasteiger partial charge in [-0.15, -0.1) is 0 Å². The number of hydrogen-bond acceptors (Lipinski definition) is 2. The molecular formula is C24H22N2O2. The minimum absolute atomic E-state index is 0.203. The highest BCUT2D eigenvalue weighted by Crippen LogP contribution is 2.27. The lowest BCUT2D eigenvalue weighted by Gasteiger charge is -2.13. The fraction of sp³-hybridized carbons (Fsp3) is 0.167. The van der Waals surface area contributed by atoms with Crippen molar-refractivity contribution in [2.45, 2.75) is 27.7 Å². The van der Waals surface area contributed by atoms with Gasteiger partial charge in [0.15, 0.2) is 0 Å². The highest BCUT2D eigenvalue weighted by Gasteiger charge is 2.13. The van der Waals surface area contributed by atoms with E-state index in [4.69, 9.17) is 5.11 Å². The second kappa shape index (κ2) is 7.58. The topological polar surface area (TPSA) is 66.0 Å². The number of carboxylic acids is 1. The van der Waals surface area contributed by atoms with Gasteiger partial charge in [-0.1, -0.05) is 29.8 Å². The summed E-state index contributed by atoms with van der Waals surface area (Å²) in [6.07, 6.45) is 1.86. The van der Waals surface area contributed by atoms with Gasteiger partial charge >= 0.3 is 5.97 Å². The number of carboxylic acid groups (broad SMARTS) is 1. The largest absolute Gasteiger partial charge is 0.478 e. The van der Waals surface area contributed by atoms with E-state index in [2.05, 4.69) is 55.7 Å². The Morgan fingerprint density at radius 2 is 1.64 bits per heavy atom. The smallest absolute Gasteiger partial charge is 0.335 e. The average molecular weight is 370 g/mol. The maximum Gasteiger partial charge on any atom is 0.335 e. The van der Waals surface area contributed by atoms with Crippen molar-refractivity contribution in [3.05, 3.63) is 87.7 Å². The highest BCUT2D eigenvalue weighted by molar-refractivity contribution is 5.92. The Kier molecular flexibility index (Phi) is 5.19. The number of aromatic carboxylic acids is 1. The zero-order chi connectivity index (χ0) is 20.4. The van der Waals surface area contributed by atoms with Crippen LogP contribution in [0.3, 0.4) is 0 Å². The Morgan fingerprint density at radius 3 is 2.21 bits per heavy atom. The van der Waals surface area contributed by atoms with Crippen LogP contribution in [-0.2, 0) is 0 Å². The normalized spacial score (nSPS) is 11.3. The summed E-state index contributed by atoms with van der Waals surface area (Å²) in [6.45, 7) is 8.27. The number of nitrogens with zero attached hydrogens (tertiary/aromatic N) is 2. The fourth-order valence-corrected chi connectivity index (χ4v) is 3.49. The van der Waals surface area contributed by atoms with Crippen LogP contribution in [0.2, 0.25) is 0 Å². The van der Waals surface area contributed by atoms with Crippen molar-refractivity contribution in [3.63, 3.8) is 0 Å². The minimum Gasteiger partial charge on any atom is -0.478 e. The van der Waals surface area contributed by atoms with Gasteiger partial charge in [0.1, 0.15) is 0 Å². The molecule has 0 aliphatic carbocycles.